The lowest BCUT2D eigenvalue weighted by Crippen LogP contribution is -2.00. The zero-order valence-electron chi connectivity index (χ0n) is 14.7. The largest absolute Gasteiger partial charge is 0.338 e. The van der Waals surface area contributed by atoms with Crippen LogP contribution in [0.4, 0.5) is 4.39 Å². The van der Waals surface area contributed by atoms with Crippen LogP contribution in [0, 0.1) is 5.82 Å². The average molecular weight is 394 g/mol. The summed E-state index contributed by atoms with van der Waals surface area (Å²) in [4.78, 5) is 8.57. The number of pyridine rings is 1. The summed E-state index contributed by atoms with van der Waals surface area (Å²) < 4.78 is 20.6. The normalized spacial score (nSPS) is 13.8. The van der Waals surface area contributed by atoms with Crippen LogP contribution in [0.2, 0.25) is 0 Å². The molecule has 0 atom stereocenters. The van der Waals surface area contributed by atoms with Gasteiger partial charge in [0.1, 0.15) is 5.82 Å². The lowest BCUT2D eigenvalue weighted by Gasteiger charge is -2.07. The summed E-state index contributed by atoms with van der Waals surface area (Å²) in [5.41, 5.74) is 1.66. The Morgan fingerprint density at radius 3 is 2.71 bits per heavy atom. The first kappa shape index (κ1) is 17.1. The molecule has 0 bridgehead atoms. The summed E-state index contributed by atoms with van der Waals surface area (Å²) in [6.45, 7) is 0. The molecule has 7 nitrogen and oxygen atoms in total. The van der Waals surface area contributed by atoms with Gasteiger partial charge >= 0.3 is 0 Å². The second kappa shape index (κ2) is 7.16. The van der Waals surface area contributed by atoms with Crippen molar-refractivity contribution in [3.63, 3.8) is 0 Å². The summed E-state index contributed by atoms with van der Waals surface area (Å²) in [5, 5.41) is 13.5. The molecule has 9 heteroatoms. The second-order valence-corrected chi connectivity index (χ2v) is 7.40. The van der Waals surface area contributed by atoms with Crippen molar-refractivity contribution in [1.82, 2.24) is 29.9 Å². The van der Waals surface area contributed by atoms with Gasteiger partial charge in [-0.05, 0) is 49.2 Å². The molecule has 5 rings (SSSR count). The Hall–Kier alpha value is -3.07. The van der Waals surface area contributed by atoms with E-state index < -0.39 is 0 Å². The summed E-state index contributed by atoms with van der Waals surface area (Å²) in [6, 6.07) is 10.3. The van der Waals surface area contributed by atoms with Crippen LogP contribution >= 0.6 is 11.8 Å². The highest BCUT2D eigenvalue weighted by Crippen LogP contribution is 2.41. The molecule has 0 saturated heterocycles. The van der Waals surface area contributed by atoms with Crippen molar-refractivity contribution < 1.29 is 8.91 Å². The maximum Gasteiger partial charge on any atom is 0.237 e. The minimum atomic E-state index is -0.299. The number of aromatic nitrogens is 6. The molecule has 1 saturated carbocycles. The maximum atomic E-state index is 13.1. The highest BCUT2D eigenvalue weighted by molar-refractivity contribution is 7.98. The number of rotatable bonds is 6. The average Bonchev–Trinajstić information content (AvgIpc) is 3.30. The van der Waals surface area contributed by atoms with E-state index in [9.17, 15) is 4.39 Å². The Morgan fingerprint density at radius 2 is 1.96 bits per heavy atom. The highest BCUT2D eigenvalue weighted by Gasteiger charge is 2.30. The fourth-order valence-electron chi connectivity index (χ4n) is 2.89. The first-order chi connectivity index (χ1) is 13.8. The maximum absolute atomic E-state index is 13.1. The predicted octanol–water partition coefficient (Wildman–Crippen LogP) is 4.16. The molecule has 1 aliphatic carbocycles. The van der Waals surface area contributed by atoms with Crippen LogP contribution in [-0.4, -0.2) is 29.9 Å². The van der Waals surface area contributed by atoms with Crippen LogP contribution in [0.15, 0.2) is 58.5 Å². The lowest BCUT2D eigenvalue weighted by molar-refractivity contribution is 0.391. The molecular weight excluding hydrogens is 379 g/mol. The fraction of sp³-hybridized carbons (Fsp3) is 0.211. The number of benzene rings is 1. The summed E-state index contributed by atoms with van der Waals surface area (Å²) in [5.74, 6) is 1.93. The molecule has 0 radical (unpaired) electrons. The molecule has 3 aromatic heterocycles. The molecular formula is C19H15FN6OS. The van der Waals surface area contributed by atoms with E-state index in [0.717, 1.165) is 29.4 Å². The van der Waals surface area contributed by atoms with Crippen LogP contribution in [-0.2, 0) is 5.75 Å². The third-order valence-corrected chi connectivity index (χ3v) is 5.32. The van der Waals surface area contributed by atoms with Gasteiger partial charge in [-0.2, -0.15) is 4.98 Å². The van der Waals surface area contributed by atoms with Gasteiger partial charge in [0.05, 0.1) is 5.75 Å². The zero-order valence-corrected chi connectivity index (χ0v) is 15.5. The van der Waals surface area contributed by atoms with Gasteiger partial charge in [-0.15, -0.1) is 10.2 Å². The van der Waals surface area contributed by atoms with Gasteiger partial charge in [0.2, 0.25) is 11.7 Å². The Kier molecular flexibility index (Phi) is 4.36. The second-order valence-electron chi connectivity index (χ2n) is 6.46. The molecule has 28 heavy (non-hydrogen) atoms. The number of nitrogens with zero attached hydrogens (tertiary/aromatic N) is 6. The van der Waals surface area contributed by atoms with Crippen molar-refractivity contribution in [3.05, 3.63) is 60.5 Å². The molecule has 0 spiro atoms. The third kappa shape index (κ3) is 3.40. The minimum absolute atomic E-state index is 0.299. The molecule has 0 amide bonds. The van der Waals surface area contributed by atoms with Crippen LogP contribution in [0.1, 0.15) is 24.8 Å². The van der Waals surface area contributed by atoms with E-state index in [1.165, 1.54) is 23.9 Å². The van der Waals surface area contributed by atoms with Crippen LogP contribution in [0.5, 0.6) is 0 Å². The van der Waals surface area contributed by atoms with Crippen LogP contribution < -0.4 is 0 Å². The minimum Gasteiger partial charge on any atom is -0.338 e. The smallest absolute Gasteiger partial charge is 0.237 e. The first-order valence-corrected chi connectivity index (χ1v) is 9.83. The van der Waals surface area contributed by atoms with Crippen molar-refractivity contribution in [1.29, 1.82) is 0 Å². The van der Waals surface area contributed by atoms with E-state index in [1.54, 1.807) is 24.5 Å². The Morgan fingerprint density at radius 1 is 1.11 bits per heavy atom. The van der Waals surface area contributed by atoms with Gasteiger partial charge in [0.25, 0.3) is 0 Å². The van der Waals surface area contributed by atoms with Gasteiger partial charge in [-0.3, -0.25) is 9.55 Å². The van der Waals surface area contributed by atoms with E-state index in [1.807, 2.05) is 12.1 Å². The number of hydrogen-bond acceptors (Lipinski definition) is 7. The Bertz CT molecular complexity index is 1090. The van der Waals surface area contributed by atoms with Crippen molar-refractivity contribution in [2.75, 3.05) is 0 Å². The van der Waals surface area contributed by atoms with Crippen molar-refractivity contribution in [2.45, 2.75) is 29.8 Å². The van der Waals surface area contributed by atoms with Gasteiger partial charge in [0.15, 0.2) is 11.0 Å². The SMILES string of the molecule is Fc1ccc(-c2noc(CSc3nnc(-c4cccnc4)n3C3CC3)n2)cc1. The lowest BCUT2D eigenvalue weighted by atomic mass is 10.2. The summed E-state index contributed by atoms with van der Waals surface area (Å²) in [6.07, 6.45) is 5.78. The van der Waals surface area contributed by atoms with E-state index in [4.69, 9.17) is 4.52 Å². The summed E-state index contributed by atoms with van der Waals surface area (Å²) in [7, 11) is 0. The quantitative estimate of drug-likeness (QED) is 0.454. The first-order valence-electron chi connectivity index (χ1n) is 8.84. The molecule has 1 fully saturated rings. The highest BCUT2D eigenvalue weighted by atomic mass is 32.2. The number of thioether (sulfide) groups is 1. The number of halogens is 1. The van der Waals surface area contributed by atoms with Gasteiger partial charge < -0.3 is 4.52 Å². The van der Waals surface area contributed by atoms with Crippen LogP contribution in [0.25, 0.3) is 22.8 Å². The van der Waals surface area contributed by atoms with Gasteiger partial charge in [-0.1, -0.05) is 16.9 Å². The van der Waals surface area contributed by atoms with E-state index in [-0.39, 0.29) is 5.82 Å². The Labute approximate surface area is 164 Å². The molecule has 140 valence electrons. The molecule has 1 aromatic carbocycles. The standard InChI is InChI=1S/C19H15FN6OS/c20-14-5-3-12(4-6-14)17-22-16(27-25-17)11-28-19-24-23-18(26(19)15-7-8-15)13-2-1-9-21-10-13/h1-6,9-10,15H,7-8,11H2. The van der Waals surface area contributed by atoms with Crippen molar-refractivity contribution >= 4 is 11.8 Å². The zero-order chi connectivity index (χ0) is 18.9. The molecule has 0 unspecified atom stereocenters. The third-order valence-electron chi connectivity index (χ3n) is 4.39. The van der Waals surface area contributed by atoms with Gasteiger partial charge in [0, 0.05) is 29.6 Å². The molecule has 0 N–H and O–H groups in total. The Balaban J connectivity index is 1.35. The fourth-order valence-corrected chi connectivity index (χ4v) is 3.73. The van der Waals surface area contributed by atoms with E-state index >= 15 is 0 Å². The van der Waals surface area contributed by atoms with E-state index in [0.29, 0.717) is 29.1 Å². The molecule has 4 aromatic rings. The van der Waals surface area contributed by atoms with Crippen molar-refractivity contribution in [2.24, 2.45) is 0 Å². The molecule has 0 aliphatic heterocycles. The summed E-state index contributed by atoms with van der Waals surface area (Å²) >= 11 is 1.51. The molecule has 3 heterocycles. The monoisotopic (exact) mass is 394 g/mol. The predicted molar refractivity (Wildman–Crippen MR) is 101 cm³/mol. The van der Waals surface area contributed by atoms with E-state index in [2.05, 4.69) is 29.9 Å². The van der Waals surface area contributed by atoms with Crippen molar-refractivity contribution in [3.8, 4) is 22.8 Å². The number of hydrogen-bond donors (Lipinski definition) is 0. The molecule has 1 aliphatic rings. The van der Waals surface area contributed by atoms with Crippen LogP contribution in [0.3, 0.4) is 0 Å². The topological polar surface area (TPSA) is 82.5 Å². The van der Waals surface area contributed by atoms with Gasteiger partial charge in [-0.25, -0.2) is 4.39 Å².